The van der Waals surface area contributed by atoms with Crippen LogP contribution < -0.4 is 10.1 Å². The van der Waals surface area contributed by atoms with Crippen LogP contribution in [-0.4, -0.2) is 34.9 Å². The molecule has 0 radical (unpaired) electrons. The molecule has 7 heteroatoms. The fraction of sp³-hybridized carbons (Fsp3) is 0.368. The normalized spacial score (nSPS) is 11.2. The van der Waals surface area contributed by atoms with Crippen molar-refractivity contribution in [3.63, 3.8) is 0 Å². The van der Waals surface area contributed by atoms with Gasteiger partial charge in [-0.25, -0.2) is 14.5 Å². The third-order valence-corrected chi connectivity index (χ3v) is 3.46. The van der Waals surface area contributed by atoms with Crippen molar-refractivity contribution in [2.24, 2.45) is 4.99 Å². The van der Waals surface area contributed by atoms with Crippen LogP contribution >= 0.6 is 0 Å². The number of nitrogens with zero attached hydrogens (tertiary/aromatic N) is 3. The molecule has 2 aromatic rings. The van der Waals surface area contributed by atoms with E-state index in [9.17, 15) is 9.59 Å². The summed E-state index contributed by atoms with van der Waals surface area (Å²) in [6.07, 6.45) is 4.46. The summed E-state index contributed by atoms with van der Waals surface area (Å²) in [5.41, 5.74) is 0.821. The highest BCUT2D eigenvalue weighted by atomic mass is 16.5. The predicted octanol–water partition coefficient (Wildman–Crippen LogP) is 2.43. The third-order valence-electron chi connectivity index (χ3n) is 3.46. The average molecular weight is 357 g/mol. The monoisotopic (exact) mass is 357 g/mol. The molecule has 7 nitrogen and oxygen atoms in total. The van der Waals surface area contributed by atoms with E-state index < -0.39 is 11.9 Å². The number of ether oxygens (including phenoxy) is 2. The zero-order valence-electron chi connectivity index (χ0n) is 15.1. The molecule has 1 heterocycles. The highest BCUT2D eigenvalue weighted by Gasteiger charge is 2.13. The van der Waals surface area contributed by atoms with Crippen molar-refractivity contribution in [1.29, 1.82) is 0 Å². The molecule has 0 spiro atoms. The summed E-state index contributed by atoms with van der Waals surface area (Å²) in [6.45, 7) is 4.39. The Morgan fingerprint density at radius 1 is 1.15 bits per heavy atom. The Morgan fingerprint density at radius 2 is 1.92 bits per heavy atom. The van der Waals surface area contributed by atoms with Crippen molar-refractivity contribution in [3.8, 4) is 11.6 Å². The molecular weight excluding hydrogens is 334 g/mol. The van der Waals surface area contributed by atoms with Gasteiger partial charge in [-0.3, -0.25) is 4.79 Å². The Hall–Kier alpha value is -2.96. The van der Waals surface area contributed by atoms with Crippen LogP contribution in [0.2, 0.25) is 0 Å². The number of hydrogen-bond acceptors (Lipinski definition) is 5. The first kappa shape index (κ1) is 19.4. The van der Waals surface area contributed by atoms with Crippen molar-refractivity contribution >= 4 is 11.9 Å². The molecule has 0 aliphatic rings. The molecule has 0 aliphatic heterocycles. The number of esters is 1. The van der Waals surface area contributed by atoms with E-state index in [2.05, 4.69) is 21.8 Å². The quantitative estimate of drug-likeness (QED) is 0.432. The summed E-state index contributed by atoms with van der Waals surface area (Å²) >= 11 is 0. The Bertz CT molecular complexity index is 800. The van der Waals surface area contributed by atoms with Gasteiger partial charge in [-0.2, -0.15) is 5.10 Å². The van der Waals surface area contributed by atoms with Crippen LogP contribution in [0, 0.1) is 0 Å². The largest absolute Gasteiger partial charge is 0.478 e. The van der Waals surface area contributed by atoms with Crippen LogP contribution in [0.15, 0.2) is 47.6 Å². The predicted molar refractivity (Wildman–Crippen MR) is 95.8 cm³/mol. The number of amides is 1. The maximum atomic E-state index is 11.8. The van der Waals surface area contributed by atoms with Crippen LogP contribution in [0.3, 0.4) is 0 Å². The number of carbonyl (C=O) groups is 2. The molecule has 0 N–H and O–H groups in total. The molecule has 138 valence electrons. The van der Waals surface area contributed by atoms with Gasteiger partial charge in [0.15, 0.2) is 0 Å². The van der Waals surface area contributed by atoms with Gasteiger partial charge in [0.1, 0.15) is 0 Å². The van der Waals surface area contributed by atoms with Crippen molar-refractivity contribution in [2.75, 3.05) is 13.2 Å². The van der Waals surface area contributed by atoms with Crippen LogP contribution in [0.4, 0.5) is 0 Å². The third kappa shape index (κ3) is 5.54. The van der Waals surface area contributed by atoms with Gasteiger partial charge in [-0.1, -0.05) is 38.0 Å². The zero-order valence-corrected chi connectivity index (χ0v) is 15.1. The first-order valence-electron chi connectivity index (χ1n) is 8.69. The van der Waals surface area contributed by atoms with E-state index in [0.717, 1.165) is 24.9 Å². The van der Waals surface area contributed by atoms with E-state index in [1.807, 2.05) is 30.3 Å². The minimum atomic E-state index is -0.988. The fourth-order valence-corrected chi connectivity index (χ4v) is 2.21. The summed E-state index contributed by atoms with van der Waals surface area (Å²) in [5.74, 6) is -1.51. The second-order valence-electron chi connectivity index (χ2n) is 5.49. The van der Waals surface area contributed by atoms with E-state index in [1.165, 1.54) is 6.20 Å². The summed E-state index contributed by atoms with van der Waals surface area (Å²) < 4.78 is 12.1. The standard InChI is InChI=1S/C19H23N3O4/c1-3-5-9-12-26-17-13-15(21-18(23)19(24)25-4-2)14-20-22(17)16-10-7-6-8-11-16/h6-8,10-11,13-14H,3-5,9,12H2,1-2H3. The van der Waals surface area contributed by atoms with Crippen LogP contribution in [-0.2, 0) is 14.3 Å². The Labute approximate surface area is 152 Å². The van der Waals surface area contributed by atoms with Gasteiger partial charge in [0, 0.05) is 6.07 Å². The molecule has 1 amide bonds. The maximum absolute atomic E-state index is 11.8. The average Bonchev–Trinajstić information content (AvgIpc) is 2.66. The van der Waals surface area contributed by atoms with E-state index in [4.69, 9.17) is 4.74 Å². The number of rotatable bonds is 7. The molecule has 0 saturated carbocycles. The molecule has 0 fully saturated rings. The molecule has 0 unspecified atom stereocenters. The molecule has 0 aliphatic carbocycles. The first-order chi connectivity index (χ1) is 12.7. The van der Waals surface area contributed by atoms with E-state index >= 15 is 0 Å². The molecule has 26 heavy (non-hydrogen) atoms. The van der Waals surface area contributed by atoms with Crippen molar-refractivity contribution < 1.29 is 19.1 Å². The fourth-order valence-electron chi connectivity index (χ4n) is 2.21. The van der Waals surface area contributed by atoms with Gasteiger partial charge in [-0.15, -0.1) is 0 Å². The summed E-state index contributed by atoms with van der Waals surface area (Å²) in [6, 6.07) is 11.1. The number of hydrogen-bond donors (Lipinski definition) is 0. The SMILES string of the molecule is CCCCCOc1cc(=NC(=O)C(=O)OCC)cnn1-c1ccccc1. The zero-order chi connectivity index (χ0) is 18.8. The van der Waals surface area contributed by atoms with E-state index in [-0.39, 0.29) is 12.0 Å². The Morgan fingerprint density at radius 3 is 2.62 bits per heavy atom. The van der Waals surface area contributed by atoms with Crippen LogP contribution in [0.5, 0.6) is 5.88 Å². The van der Waals surface area contributed by atoms with Crippen molar-refractivity contribution in [3.05, 3.63) is 48.0 Å². The van der Waals surface area contributed by atoms with Crippen LogP contribution in [0.1, 0.15) is 33.1 Å². The number of aromatic nitrogens is 2. The van der Waals surface area contributed by atoms with Crippen LogP contribution in [0.25, 0.3) is 5.69 Å². The lowest BCUT2D eigenvalue weighted by atomic mass is 10.3. The second kappa shape index (κ2) is 10.1. The van der Waals surface area contributed by atoms with Gasteiger partial charge < -0.3 is 9.47 Å². The number of para-hydroxylation sites is 1. The lowest BCUT2D eigenvalue weighted by molar-refractivity contribution is -0.153. The minimum absolute atomic E-state index is 0.118. The Balaban J connectivity index is 2.32. The highest BCUT2D eigenvalue weighted by molar-refractivity contribution is 6.32. The lowest BCUT2D eigenvalue weighted by Crippen LogP contribution is -2.20. The molecule has 0 atom stereocenters. The summed E-state index contributed by atoms with van der Waals surface area (Å²) in [4.78, 5) is 26.9. The number of carbonyl (C=O) groups excluding carboxylic acids is 2. The topological polar surface area (TPSA) is 82.8 Å². The lowest BCUT2D eigenvalue weighted by Gasteiger charge is -2.13. The number of benzene rings is 1. The van der Waals surface area contributed by atoms with Crippen molar-refractivity contribution in [1.82, 2.24) is 9.78 Å². The van der Waals surface area contributed by atoms with E-state index in [0.29, 0.717) is 12.5 Å². The smallest absolute Gasteiger partial charge is 0.399 e. The van der Waals surface area contributed by atoms with Gasteiger partial charge in [0.2, 0.25) is 5.88 Å². The Kier molecular flexibility index (Phi) is 7.54. The first-order valence-corrected chi connectivity index (χ1v) is 8.69. The molecular formula is C19H23N3O4. The number of unbranched alkanes of at least 4 members (excludes halogenated alkanes) is 2. The van der Waals surface area contributed by atoms with Gasteiger partial charge >= 0.3 is 11.9 Å². The summed E-state index contributed by atoms with van der Waals surface area (Å²) in [5, 5.41) is 4.54. The summed E-state index contributed by atoms with van der Waals surface area (Å²) in [7, 11) is 0. The van der Waals surface area contributed by atoms with Gasteiger partial charge in [0.05, 0.1) is 30.5 Å². The van der Waals surface area contributed by atoms with Gasteiger partial charge in [0.25, 0.3) is 0 Å². The van der Waals surface area contributed by atoms with Crippen molar-refractivity contribution in [2.45, 2.75) is 33.1 Å². The molecule has 1 aromatic heterocycles. The molecule has 0 bridgehead atoms. The van der Waals surface area contributed by atoms with E-state index in [1.54, 1.807) is 17.7 Å². The minimum Gasteiger partial charge on any atom is -0.478 e. The van der Waals surface area contributed by atoms with Gasteiger partial charge in [-0.05, 0) is 25.5 Å². The molecule has 1 aromatic carbocycles. The molecule has 0 saturated heterocycles. The second-order valence-corrected chi connectivity index (χ2v) is 5.49. The molecule has 2 rings (SSSR count). The maximum Gasteiger partial charge on any atom is 0.399 e. The highest BCUT2D eigenvalue weighted by Crippen LogP contribution is 2.14.